The Morgan fingerprint density at radius 1 is 1.43 bits per heavy atom. The molecule has 120 valence electrons. The standard InChI is InChI=1S/C14H23BrN2O3S/c1-6-7-17(11(4)5)21(18,19)13-8-12(20-14(13)15)9-16-10(2)3/h6,8,10-11,16H,1,7,9H2,2-5H3. The molecule has 0 aromatic carbocycles. The second-order valence-corrected chi connectivity index (χ2v) is 7.92. The van der Waals surface area contributed by atoms with E-state index in [2.05, 4.69) is 27.8 Å². The lowest BCUT2D eigenvalue weighted by Crippen LogP contribution is -2.37. The lowest BCUT2D eigenvalue weighted by Gasteiger charge is -2.23. The molecule has 1 N–H and O–H groups in total. The van der Waals surface area contributed by atoms with Crippen molar-refractivity contribution in [2.75, 3.05) is 6.54 Å². The number of nitrogens with zero attached hydrogens (tertiary/aromatic N) is 1. The van der Waals surface area contributed by atoms with E-state index in [1.807, 2.05) is 27.7 Å². The average molecular weight is 379 g/mol. The summed E-state index contributed by atoms with van der Waals surface area (Å²) in [4.78, 5) is 0.151. The van der Waals surface area contributed by atoms with Gasteiger partial charge in [-0.05, 0) is 29.8 Å². The molecule has 0 aliphatic heterocycles. The molecule has 0 fully saturated rings. The van der Waals surface area contributed by atoms with Crippen molar-refractivity contribution in [1.29, 1.82) is 0 Å². The summed E-state index contributed by atoms with van der Waals surface area (Å²) in [6.45, 7) is 12.0. The van der Waals surface area contributed by atoms with Crippen LogP contribution >= 0.6 is 15.9 Å². The maximum absolute atomic E-state index is 12.7. The Morgan fingerprint density at radius 3 is 2.52 bits per heavy atom. The Labute approximate surface area is 135 Å². The van der Waals surface area contributed by atoms with E-state index in [0.717, 1.165) is 0 Å². The monoisotopic (exact) mass is 378 g/mol. The number of hydrogen-bond acceptors (Lipinski definition) is 4. The van der Waals surface area contributed by atoms with Gasteiger partial charge in [0.15, 0.2) is 4.67 Å². The van der Waals surface area contributed by atoms with Gasteiger partial charge < -0.3 is 9.73 Å². The number of halogens is 1. The molecule has 1 aromatic heterocycles. The third-order valence-electron chi connectivity index (χ3n) is 2.86. The highest BCUT2D eigenvalue weighted by atomic mass is 79.9. The van der Waals surface area contributed by atoms with E-state index in [-0.39, 0.29) is 22.2 Å². The lowest BCUT2D eigenvalue weighted by molar-refractivity contribution is 0.381. The molecular weight excluding hydrogens is 356 g/mol. The van der Waals surface area contributed by atoms with Crippen LogP contribution in [0.3, 0.4) is 0 Å². The van der Waals surface area contributed by atoms with E-state index in [0.29, 0.717) is 18.3 Å². The minimum atomic E-state index is -3.62. The lowest BCUT2D eigenvalue weighted by atomic mass is 10.3. The van der Waals surface area contributed by atoms with Crippen molar-refractivity contribution in [1.82, 2.24) is 9.62 Å². The van der Waals surface area contributed by atoms with Crippen LogP contribution in [0.15, 0.2) is 32.7 Å². The second kappa shape index (κ2) is 7.58. The van der Waals surface area contributed by atoms with E-state index in [1.54, 1.807) is 12.1 Å². The third-order valence-corrected chi connectivity index (χ3v) is 5.76. The minimum absolute atomic E-state index is 0.151. The van der Waals surface area contributed by atoms with Gasteiger partial charge in [-0.25, -0.2) is 8.42 Å². The largest absolute Gasteiger partial charge is 0.452 e. The number of nitrogens with one attached hydrogen (secondary N) is 1. The van der Waals surface area contributed by atoms with Gasteiger partial charge in [-0.15, -0.1) is 6.58 Å². The maximum atomic E-state index is 12.7. The van der Waals surface area contributed by atoms with Gasteiger partial charge in [0.1, 0.15) is 10.7 Å². The van der Waals surface area contributed by atoms with Crippen LogP contribution in [0.1, 0.15) is 33.5 Å². The van der Waals surface area contributed by atoms with Gasteiger partial charge in [0.05, 0.1) is 6.54 Å². The Kier molecular flexibility index (Phi) is 6.65. The van der Waals surface area contributed by atoms with Crippen molar-refractivity contribution in [3.63, 3.8) is 0 Å². The van der Waals surface area contributed by atoms with E-state index in [4.69, 9.17) is 4.42 Å². The first-order chi connectivity index (χ1) is 9.70. The Bertz CT molecular complexity index is 579. The first-order valence-electron chi connectivity index (χ1n) is 6.84. The van der Waals surface area contributed by atoms with Crippen molar-refractivity contribution >= 4 is 26.0 Å². The van der Waals surface area contributed by atoms with Crippen LogP contribution in [0, 0.1) is 0 Å². The topological polar surface area (TPSA) is 62.6 Å². The summed E-state index contributed by atoms with van der Waals surface area (Å²) in [5.74, 6) is 0.580. The minimum Gasteiger partial charge on any atom is -0.452 e. The zero-order chi connectivity index (χ0) is 16.2. The highest BCUT2D eigenvalue weighted by Gasteiger charge is 2.30. The van der Waals surface area contributed by atoms with Crippen molar-refractivity contribution in [3.05, 3.63) is 29.2 Å². The molecule has 0 saturated heterocycles. The normalized spacial score (nSPS) is 12.6. The Morgan fingerprint density at radius 2 is 2.05 bits per heavy atom. The van der Waals surface area contributed by atoms with E-state index in [9.17, 15) is 8.42 Å². The fourth-order valence-corrected chi connectivity index (χ4v) is 4.38. The molecule has 0 aliphatic rings. The molecule has 1 aromatic rings. The second-order valence-electron chi connectivity index (χ2n) is 5.34. The number of hydrogen-bond donors (Lipinski definition) is 1. The van der Waals surface area contributed by atoms with Crippen molar-refractivity contribution in [2.45, 2.75) is 51.2 Å². The third kappa shape index (κ3) is 4.67. The predicted octanol–water partition coefficient (Wildman–Crippen LogP) is 3.13. The molecule has 5 nitrogen and oxygen atoms in total. The zero-order valence-corrected chi connectivity index (χ0v) is 15.3. The van der Waals surface area contributed by atoms with Crippen LogP contribution in [0.25, 0.3) is 0 Å². The number of sulfonamides is 1. The number of rotatable bonds is 8. The van der Waals surface area contributed by atoms with E-state index >= 15 is 0 Å². The molecule has 7 heteroatoms. The zero-order valence-electron chi connectivity index (χ0n) is 12.9. The number of furan rings is 1. The smallest absolute Gasteiger partial charge is 0.247 e. The first-order valence-corrected chi connectivity index (χ1v) is 9.07. The molecule has 0 unspecified atom stereocenters. The summed E-state index contributed by atoms with van der Waals surface area (Å²) in [5.41, 5.74) is 0. The fourth-order valence-electron chi connectivity index (χ4n) is 1.81. The van der Waals surface area contributed by atoms with Crippen LogP contribution < -0.4 is 5.32 Å². The van der Waals surface area contributed by atoms with Gasteiger partial charge in [0, 0.05) is 24.7 Å². The first kappa shape index (κ1) is 18.4. The van der Waals surface area contributed by atoms with Gasteiger partial charge in [0.2, 0.25) is 10.0 Å². The fraction of sp³-hybridized carbons (Fsp3) is 0.571. The Balaban J connectivity index is 3.10. The summed E-state index contributed by atoms with van der Waals surface area (Å²) in [5, 5.41) is 3.19. The average Bonchev–Trinajstić information content (AvgIpc) is 2.75. The van der Waals surface area contributed by atoms with Gasteiger partial charge in [-0.3, -0.25) is 0 Å². The van der Waals surface area contributed by atoms with Gasteiger partial charge in [-0.2, -0.15) is 4.31 Å². The Hall–Kier alpha value is -0.630. The van der Waals surface area contributed by atoms with Crippen LogP contribution in [0.2, 0.25) is 0 Å². The van der Waals surface area contributed by atoms with Crippen LogP contribution in [-0.2, 0) is 16.6 Å². The molecule has 1 rings (SSSR count). The maximum Gasteiger partial charge on any atom is 0.247 e. The summed E-state index contributed by atoms with van der Waals surface area (Å²) >= 11 is 3.20. The molecule has 0 aliphatic carbocycles. The quantitative estimate of drug-likeness (QED) is 0.705. The van der Waals surface area contributed by atoms with Crippen molar-refractivity contribution in [3.8, 4) is 0 Å². The van der Waals surface area contributed by atoms with Crippen molar-refractivity contribution in [2.24, 2.45) is 0 Å². The molecule has 0 spiro atoms. The van der Waals surface area contributed by atoms with Crippen molar-refractivity contribution < 1.29 is 12.8 Å². The SMILES string of the molecule is C=CCN(C(C)C)S(=O)(=O)c1cc(CNC(C)C)oc1Br. The summed E-state index contributed by atoms with van der Waals surface area (Å²) in [6, 6.07) is 1.70. The van der Waals surface area contributed by atoms with Crippen LogP contribution in [0.5, 0.6) is 0 Å². The highest BCUT2D eigenvalue weighted by Crippen LogP contribution is 2.29. The summed E-state index contributed by atoms with van der Waals surface area (Å²) in [7, 11) is -3.62. The molecule has 0 atom stereocenters. The summed E-state index contributed by atoms with van der Waals surface area (Å²) < 4.78 is 32.5. The molecule has 1 heterocycles. The molecule has 21 heavy (non-hydrogen) atoms. The highest BCUT2D eigenvalue weighted by molar-refractivity contribution is 9.10. The van der Waals surface area contributed by atoms with Gasteiger partial charge >= 0.3 is 0 Å². The predicted molar refractivity (Wildman–Crippen MR) is 87.6 cm³/mol. The molecular formula is C14H23BrN2O3S. The van der Waals surface area contributed by atoms with Gasteiger partial charge in [-0.1, -0.05) is 19.9 Å². The summed E-state index contributed by atoms with van der Waals surface area (Å²) in [6.07, 6.45) is 1.58. The molecule has 0 radical (unpaired) electrons. The van der Waals surface area contributed by atoms with Crippen LogP contribution in [-0.4, -0.2) is 31.4 Å². The van der Waals surface area contributed by atoms with E-state index in [1.165, 1.54) is 4.31 Å². The van der Waals surface area contributed by atoms with Gasteiger partial charge in [0.25, 0.3) is 0 Å². The van der Waals surface area contributed by atoms with Crippen LogP contribution in [0.4, 0.5) is 0 Å². The molecule has 0 bridgehead atoms. The molecule has 0 saturated carbocycles. The van der Waals surface area contributed by atoms with E-state index < -0.39 is 10.0 Å². The molecule has 0 amide bonds.